The number of pyridine rings is 1. The lowest BCUT2D eigenvalue weighted by Crippen LogP contribution is -1.92. The van der Waals surface area contributed by atoms with Gasteiger partial charge in [0.2, 0.25) is 5.88 Å². The molecule has 0 saturated heterocycles. The quantitative estimate of drug-likeness (QED) is 0.769. The predicted molar refractivity (Wildman–Crippen MR) is 71.9 cm³/mol. The van der Waals surface area contributed by atoms with Gasteiger partial charge in [-0.3, -0.25) is 0 Å². The van der Waals surface area contributed by atoms with E-state index in [2.05, 4.69) is 10.1 Å². The van der Waals surface area contributed by atoms with Gasteiger partial charge in [0.05, 0.1) is 6.61 Å². The van der Waals surface area contributed by atoms with Gasteiger partial charge in [-0.25, -0.2) is 4.98 Å². The summed E-state index contributed by atoms with van der Waals surface area (Å²) < 4.78 is 16.7. The molecule has 0 spiro atoms. The van der Waals surface area contributed by atoms with Crippen molar-refractivity contribution in [2.24, 2.45) is 0 Å². The first kappa shape index (κ1) is 11.1. The van der Waals surface area contributed by atoms with Gasteiger partial charge in [-0.05, 0) is 6.07 Å². The molecule has 0 bridgehead atoms. The number of fused-ring (bicyclic) bond motifs is 3. The molecule has 3 aromatic rings. The number of anilines is 1. The van der Waals surface area contributed by atoms with Crippen LogP contribution in [0.3, 0.4) is 0 Å². The standard InChI is InChI=1S/C14H11N3O3/c15-14-12-10(20-17-14)7-9(8-4-6-18-13(8)12)19-11-3-1-2-5-16-11/h1-3,5,7H,4,6H2,(H2,15,17). The number of hydrogen-bond acceptors (Lipinski definition) is 6. The molecular weight excluding hydrogens is 258 g/mol. The Hall–Kier alpha value is -2.76. The minimum atomic E-state index is 0.336. The van der Waals surface area contributed by atoms with Gasteiger partial charge in [0.15, 0.2) is 11.4 Å². The van der Waals surface area contributed by atoms with Gasteiger partial charge < -0.3 is 19.7 Å². The molecule has 2 N–H and O–H groups in total. The summed E-state index contributed by atoms with van der Waals surface area (Å²) in [7, 11) is 0. The van der Waals surface area contributed by atoms with Crippen molar-refractivity contribution in [3.8, 4) is 17.4 Å². The van der Waals surface area contributed by atoms with Crippen LogP contribution in [0.5, 0.6) is 17.4 Å². The Morgan fingerprint density at radius 1 is 1.30 bits per heavy atom. The second-order valence-corrected chi connectivity index (χ2v) is 4.49. The van der Waals surface area contributed by atoms with Gasteiger partial charge in [0.1, 0.15) is 16.9 Å². The van der Waals surface area contributed by atoms with Gasteiger partial charge in [-0.1, -0.05) is 11.2 Å². The molecule has 2 aromatic heterocycles. The SMILES string of the molecule is Nc1noc2cc(Oc3ccccn3)c3c(c12)OCC3. The molecule has 20 heavy (non-hydrogen) atoms. The summed E-state index contributed by atoms with van der Waals surface area (Å²) in [6, 6.07) is 7.27. The van der Waals surface area contributed by atoms with Gasteiger partial charge in [0, 0.05) is 30.3 Å². The monoisotopic (exact) mass is 269 g/mol. The molecule has 4 rings (SSSR count). The van der Waals surface area contributed by atoms with Crippen molar-refractivity contribution in [1.82, 2.24) is 10.1 Å². The number of benzene rings is 1. The molecule has 0 saturated carbocycles. The Labute approximate surface area is 114 Å². The molecule has 0 unspecified atom stereocenters. The minimum absolute atomic E-state index is 0.336. The summed E-state index contributed by atoms with van der Waals surface area (Å²) in [6.45, 7) is 0.595. The van der Waals surface area contributed by atoms with Crippen molar-refractivity contribution in [2.75, 3.05) is 12.3 Å². The molecule has 1 aliphatic heterocycles. The average Bonchev–Trinajstić information content (AvgIpc) is 3.07. The molecule has 3 heterocycles. The summed E-state index contributed by atoms with van der Waals surface area (Å²) in [5.41, 5.74) is 7.33. The van der Waals surface area contributed by atoms with Gasteiger partial charge in [-0.15, -0.1) is 0 Å². The maximum absolute atomic E-state index is 5.82. The minimum Gasteiger partial charge on any atom is -0.492 e. The zero-order valence-electron chi connectivity index (χ0n) is 10.5. The number of nitrogens with zero attached hydrogens (tertiary/aromatic N) is 2. The lowest BCUT2D eigenvalue weighted by molar-refractivity contribution is 0.360. The first-order chi connectivity index (χ1) is 9.83. The van der Waals surface area contributed by atoms with Gasteiger partial charge in [-0.2, -0.15) is 0 Å². The summed E-state index contributed by atoms with van der Waals surface area (Å²) in [5, 5.41) is 4.49. The van der Waals surface area contributed by atoms with E-state index in [1.54, 1.807) is 18.3 Å². The Balaban J connectivity index is 1.88. The van der Waals surface area contributed by atoms with Crippen LogP contribution in [0.1, 0.15) is 5.56 Å². The van der Waals surface area contributed by atoms with E-state index in [4.69, 9.17) is 19.7 Å². The summed E-state index contributed by atoms with van der Waals surface area (Å²) in [6.07, 6.45) is 2.44. The van der Waals surface area contributed by atoms with Crippen LogP contribution in [-0.2, 0) is 6.42 Å². The average molecular weight is 269 g/mol. The summed E-state index contributed by atoms with van der Waals surface area (Å²) >= 11 is 0. The first-order valence-corrected chi connectivity index (χ1v) is 6.25. The van der Waals surface area contributed by atoms with E-state index >= 15 is 0 Å². The third-order valence-electron chi connectivity index (χ3n) is 3.26. The fourth-order valence-corrected chi connectivity index (χ4v) is 2.37. The Morgan fingerprint density at radius 3 is 3.10 bits per heavy atom. The lowest BCUT2D eigenvalue weighted by Gasteiger charge is -2.08. The third kappa shape index (κ3) is 1.58. The Morgan fingerprint density at radius 2 is 2.25 bits per heavy atom. The highest BCUT2D eigenvalue weighted by atomic mass is 16.5. The molecule has 0 atom stereocenters. The fourth-order valence-electron chi connectivity index (χ4n) is 2.37. The highest BCUT2D eigenvalue weighted by molar-refractivity contribution is 5.95. The summed E-state index contributed by atoms with van der Waals surface area (Å²) in [5.74, 6) is 2.23. The zero-order chi connectivity index (χ0) is 13.5. The molecular formula is C14H11N3O3. The van der Waals surface area contributed by atoms with Crippen LogP contribution < -0.4 is 15.2 Å². The van der Waals surface area contributed by atoms with Crippen molar-refractivity contribution < 1.29 is 14.0 Å². The molecule has 1 aliphatic rings. The zero-order valence-corrected chi connectivity index (χ0v) is 10.5. The van der Waals surface area contributed by atoms with Crippen molar-refractivity contribution >= 4 is 16.8 Å². The van der Waals surface area contributed by atoms with Crippen LogP contribution in [0.25, 0.3) is 11.0 Å². The van der Waals surface area contributed by atoms with Crippen molar-refractivity contribution in [2.45, 2.75) is 6.42 Å². The highest BCUT2D eigenvalue weighted by Crippen LogP contribution is 2.43. The summed E-state index contributed by atoms with van der Waals surface area (Å²) in [4.78, 5) is 4.15. The number of hydrogen-bond donors (Lipinski definition) is 1. The molecule has 6 nitrogen and oxygen atoms in total. The van der Waals surface area contributed by atoms with Gasteiger partial charge >= 0.3 is 0 Å². The molecule has 6 heteroatoms. The largest absolute Gasteiger partial charge is 0.492 e. The van der Waals surface area contributed by atoms with Crippen molar-refractivity contribution in [3.63, 3.8) is 0 Å². The van der Waals surface area contributed by atoms with E-state index < -0.39 is 0 Å². The third-order valence-corrected chi connectivity index (χ3v) is 3.26. The van der Waals surface area contributed by atoms with Crippen LogP contribution in [0.2, 0.25) is 0 Å². The van der Waals surface area contributed by atoms with E-state index in [1.165, 1.54) is 0 Å². The maximum Gasteiger partial charge on any atom is 0.219 e. The number of aromatic nitrogens is 2. The second-order valence-electron chi connectivity index (χ2n) is 4.49. The number of ether oxygens (including phenoxy) is 2. The van der Waals surface area contributed by atoms with Crippen LogP contribution in [0, 0.1) is 0 Å². The smallest absolute Gasteiger partial charge is 0.219 e. The molecule has 100 valence electrons. The van der Waals surface area contributed by atoms with E-state index in [0.29, 0.717) is 40.8 Å². The molecule has 0 radical (unpaired) electrons. The highest BCUT2D eigenvalue weighted by Gasteiger charge is 2.25. The molecule has 0 fully saturated rings. The van der Waals surface area contributed by atoms with E-state index in [0.717, 1.165) is 12.0 Å². The normalized spacial score (nSPS) is 13.2. The Bertz CT molecular complexity index is 783. The first-order valence-electron chi connectivity index (χ1n) is 6.25. The number of nitrogens with two attached hydrogens (primary N) is 1. The van der Waals surface area contributed by atoms with Crippen molar-refractivity contribution in [3.05, 3.63) is 36.0 Å². The van der Waals surface area contributed by atoms with Crippen LogP contribution in [-0.4, -0.2) is 16.7 Å². The Kier molecular flexibility index (Phi) is 2.29. The van der Waals surface area contributed by atoms with Gasteiger partial charge in [0.25, 0.3) is 0 Å². The number of nitrogen functional groups attached to an aromatic ring is 1. The topological polar surface area (TPSA) is 83.4 Å². The lowest BCUT2D eigenvalue weighted by atomic mass is 10.1. The van der Waals surface area contributed by atoms with E-state index in [-0.39, 0.29) is 0 Å². The predicted octanol–water partition coefficient (Wildman–Crippen LogP) is 2.53. The molecule has 0 aliphatic carbocycles. The van der Waals surface area contributed by atoms with E-state index in [9.17, 15) is 0 Å². The number of rotatable bonds is 2. The second kappa shape index (κ2) is 4.12. The molecule has 0 amide bonds. The van der Waals surface area contributed by atoms with Crippen LogP contribution >= 0.6 is 0 Å². The van der Waals surface area contributed by atoms with Crippen LogP contribution in [0.4, 0.5) is 5.82 Å². The maximum atomic E-state index is 5.82. The van der Waals surface area contributed by atoms with Crippen molar-refractivity contribution in [1.29, 1.82) is 0 Å². The fraction of sp³-hybridized carbons (Fsp3) is 0.143. The van der Waals surface area contributed by atoms with E-state index in [1.807, 2.05) is 12.1 Å². The van der Waals surface area contributed by atoms with Crippen LogP contribution in [0.15, 0.2) is 35.0 Å². The molecule has 1 aromatic carbocycles.